The van der Waals surface area contributed by atoms with E-state index in [-0.39, 0.29) is 5.78 Å². The Morgan fingerprint density at radius 2 is 1.69 bits per heavy atom. The van der Waals surface area contributed by atoms with Gasteiger partial charge in [0.1, 0.15) is 4.83 Å². The highest BCUT2D eigenvalue weighted by Gasteiger charge is 2.31. The van der Waals surface area contributed by atoms with E-state index in [2.05, 4.69) is 15.9 Å². The van der Waals surface area contributed by atoms with Crippen molar-refractivity contribution in [1.82, 2.24) is 0 Å². The third-order valence-corrected chi connectivity index (χ3v) is 3.76. The molecule has 0 amide bonds. The molecular weight excluding hydrogens is 311 g/mol. The van der Waals surface area contributed by atoms with Crippen LogP contribution in [-0.4, -0.2) is 5.78 Å². The Labute approximate surface area is 114 Å². The van der Waals surface area contributed by atoms with Crippen LogP contribution in [0.15, 0.2) is 18.2 Å². The number of benzene rings is 1. The fourth-order valence-electron chi connectivity index (χ4n) is 1.26. The van der Waals surface area contributed by atoms with Crippen molar-refractivity contribution in [3.8, 4) is 0 Å². The van der Waals surface area contributed by atoms with Gasteiger partial charge in [0.05, 0.1) is 0 Å². The van der Waals surface area contributed by atoms with E-state index in [0.717, 1.165) is 0 Å². The average Bonchev–Trinajstić information content (AvgIpc) is 2.14. The Morgan fingerprint density at radius 3 is 2.06 bits per heavy atom. The molecule has 0 N–H and O–H groups in total. The minimum atomic E-state index is -0.464. The molecule has 1 aromatic rings. The van der Waals surface area contributed by atoms with Crippen LogP contribution < -0.4 is 0 Å². The van der Waals surface area contributed by atoms with Gasteiger partial charge in [0.2, 0.25) is 0 Å². The van der Waals surface area contributed by atoms with Crippen molar-refractivity contribution in [2.75, 3.05) is 0 Å². The largest absolute Gasteiger partial charge is 0.297 e. The summed E-state index contributed by atoms with van der Waals surface area (Å²) in [5, 5.41) is 1.01. The maximum absolute atomic E-state index is 12.1. The number of halogens is 3. The molecule has 1 aromatic carbocycles. The van der Waals surface area contributed by atoms with Gasteiger partial charge in [-0.2, -0.15) is 0 Å². The van der Waals surface area contributed by atoms with Crippen LogP contribution in [0.2, 0.25) is 10.0 Å². The number of rotatable bonds is 2. The number of ketones is 1. The smallest absolute Gasteiger partial charge is 0.156 e. The van der Waals surface area contributed by atoms with Crippen molar-refractivity contribution < 1.29 is 4.79 Å². The summed E-state index contributed by atoms with van der Waals surface area (Å²) in [6.07, 6.45) is 0. The lowest BCUT2D eigenvalue weighted by molar-refractivity contribution is -0.125. The number of carbonyl (C=O) groups excluding carboxylic acids is 1. The van der Waals surface area contributed by atoms with E-state index in [4.69, 9.17) is 23.2 Å². The molecule has 16 heavy (non-hydrogen) atoms. The first-order chi connectivity index (χ1) is 7.25. The van der Waals surface area contributed by atoms with Crippen LogP contribution in [-0.2, 0) is 4.79 Å². The summed E-state index contributed by atoms with van der Waals surface area (Å²) in [5.41, 5.74) is 0.210. The number of hydrogen-bond acceptors (Lipinski definition) is 1. The fraction of sp³-hybridized carbons (Fsp3) is 0.417. The molecular formula is C12H13BrCl2O. The highest BCUT2D eigenvalue weighted by molar-refractivity contribution is 9.09. The highest BCUT2D eigenvalue weighted by Crippen LogP contribution is 2.39. The summed E-state index contributed by atoms with van der Waals surface area (Å²) in [5.74, 6) is 0.0579. The Morgan fingerprint density at radius 1 is 1.25 bits per heavy atom. The molecule has 1 atom stereocenters. The number of hydrogen-bond donors (Lipinski definition) is 0. The Kier molecular flexibility index (Phi) is 4.44. The first-order valence-electron chi connectivity index (χ1n) is 4.87. The minimum Gasteiger partial charge on any atom is -0.297 e. The van der Waals surface area contributed by atoms with Crippen molar-refractivity contribution in [2.24, 2.45) is 5.41 Å². The van der Waals surface area contributed by atoms with Crippen molar-refractivity contribution in [2.45, 2.75) is 25.6 Å². The zero-order valence-corrected chi connectivity index (χ0v) is 12.4. The second kappa shape index (κ2) is 5.07. The first kappa shape index (κ1) is 14.0. The van der Waals surface area contributed by atoms with E-state index in [9.17, 15) is 4.79 Å². The molecule has 0 bridgehead atoms. The molecule has 0 fully saturated rings. The van der Waals surface area contributed by atoms with Gasteiger partial charge in [0.25, 0.3) is 0 Å². The number of alkyl halides is 1. The van der Waals surface area contributed by atoms with Gasteiger partial charge < -0.3 is 0 Å². The van der Waals surface area contributed by atoms with Gasteiger partial charge >= 0.3 is 0 Å². The second-order valence-electron chi connectivity index (χ2n) is 4.61. The second-order valence-corrected chi connectivity index (χ2v) is 6.34. The van der Waals surface area contributed by atoms with Crippen molar-refractivity contribution in [3.05, 3.63) is 33.8 Å². The quantitative estimate of drug-likeness (QED) is 0.696. The zero-order chi connectivity index (χ0) is 12.5. The molecule has 1 nitrogen and oxygen atoms in total. The predicted octanol–water partition coefficient (Wildman–Crippen LogP) is 5.04. The standard InChI is InChI=1S/C12H13BrCl2O/c1-12(2,3)11(16)10(13)9-7(14)5-4-6-8(9)15/h4-6,10H,1-3H3. The summed E-state index contributed by atoms with van der Waals surface area (Å²) >= 11 is 15.5. The SMILES string of the molecule is CC(C)(C)C(=O)C(Br)c1c(Cl)cccc1Cl. The van der Waals surface area contributed by atoms with E-state index >= 15 is 0 Å². The van der Waals surface area contributed by atoms with Crippen LogP contribution >= 0.6 is 39.1 Å². The van der Waals surface area contributed by atoms with Gasteiger partial charge in [-0.25, -0.2) is 0 Å². The lowest BCUT2D eigenvalue weighted by Gasteiger charge is -2.22. The molecule has 0 aromatic heterocycles. The van der Waals surface area contributed by atoms with Crippen molar-refractivity contribution in [3.63, 3.8) is 0 Å². The zero-order valence-electron chi connectivity index (χ0n) is 9.35. The molecule has 0 aliphatic rings. The van der Waals surface area contributed by atoms with Crippen LogP contribution in [0, 0.1) is 5.41 Å². The Bertz CT molecular complexity index is 390. The molecule has 4 heteroatoms. The summed E-state index contributed by atoms with van der Waals surface area (Å²) < 4.78 is 0. The Hall–Kier alpha value is -0.0500. The molecule has 0 heterocycles. The van der Waals surface area contributed by atoms with E-state index < -0.39 is 10.2 Å². The van der Waals surface area contributed by atoms with Crippen LogP contribution in [0.3, 0.4) is 0 Å². The highest BCUT2D eigenvalue weighted by atomic mass is 79.9. The first-order valence-corrected chi connectivity index (χ1v) is 6.54. The molecule has 0 saturated carbocycles. The van der Waals surface area contributed by atoms with Gasteiger partial charge in [-0.3, -0.25) is 4.79 Å². The van der Waals surface area contributed by atoms with E-state index in [1.807, 2.05) is 20.8 Å². The molecule has 0 aliphatic heterocycles. The van der Waals surface area contributed by atoms with Gasteiger partial charge in [-0.1, -0.05) is 66.0 Å². The van der Waals surface area contributed by atoms with E-state index in [1.165, 1.54) is 0 Å². The van der Waals surface area contributed by atoms with E-state index in [0.29, 0.717) is 15.6 Å². The Balaban J connectivity index is 3.15. The van der Waals surface area contributed by atoms with Crippen LogP contribution in [0.5, 0.6) is 0 Å². The lowest BCUT2D eigenvalue weighted by Crippen LogP contribution is -2.24. The van der Waals surface area contributed by atoms with Gasteiger partial charge in [0, 0.05) is 21.0 Å². The molecule has 0 aliphatic carbocycles. The van der Waals surface area contributed by atoms with Crippen molar-refractivity contribution in [1.29, 1.82) is 0 Å². The van der Waals surface area contributed by atoms with Crippen LogP contribution in [0.25, 0.3) is 0 Å². The molecule has 0 saturated heterocycles. The molecule has 88 valence electrons. The molecule has 1 unspecified atom stereocenters. The van der Waals surface area contributed by atoms with Crippen LogP contribution in [0.4, 0.5) is 0 Å². The summed E-state index contributed by atoms with van der Waals surface area (Å²) in [4.78, 5) is 11.6. The normalized spacial score (nSPS) is 13.6. The number of Topliss-reactive ketones (excluding diaryl/α,β-unsaturated/α-hetero) is 1. The maximum Gasteiger partial charge on any atom is 0.156 e. The van der Waals surface area contributed by atoms with E-state index in [1.54, 1.807) is 18.2 Å². The molecule has 1 rings (SSSR count). The molecule has 0 radical (unpaired) electrons. The fourth-order valence-corrected chi connectivity index (χ4v) is 3.32. The predicted molar refractivity (Wildman–Crippen MR) is 72.6 cm³/mol. The van der Waals surface area contributed by atoms with Crippen molar-refractivity contribution >= 4 is 44.9 Å². The summed E-state index contributed by atoms with van der Waals surface area (Å²) in [6, 6.07) is 5.22. The monoisotopic (exact) mass is 322 g/mol. The lowest BCUT2D eigenvalue weighted by atomic mass is 9.87. The number of carbonyl (C=O) groups is 1. The molecule has 0 spiro atoms. The van der Waals surface area contributed by atoms with Gasteiger partial charge in [-0.15, -0.1) is 0 Å². The average molecular weight is 324 g/mol. The maximum atomic E-state index is 12.1. The topological polar surface area (TPSA) is 17.1 Å². The minimum absolute atomic E-state index is 0.0579. The summed E-state index contributed by atoms with van der Waals surface area (Å²) in [6.45, 7) is 5.61. The van der Waals surface area contributed by atoms with Gasteiger partial charge in [-0.05, 0) is 12.1 Å². The third-order valence-electron chi connectivity index (χ3n) is 2.22. The third kappa shape index (κ3) is 2.99. The summed E-state index contributed by atoms with van der Waals surface area (Å²) in [7, 11) is 0. The van der Waals surface area contributed by atoms with Crippen LogP contribution in [0.1, 0.15) is 31.2 Å². The van der Waals surface area contributed by atoms with Gasteiger partial charge in [0.15, 0.2) is 5.78 Å².